The first kappa shape index (κ1) is 20.5. The second kappa shape index (κ2) is 8.17. The van der Waals surface area contributed by atoms with E-state index >= 15 is 0 Å². The monoisotopic (exact) mass is 448 g/mol. The molecule has 9 nitrogen and oxygen atoms in total. The van der Waals surface area contributed by atoms with Crippen LogP contribution >= 0.6 is 11.7 Å². The lowest BCUT2D eigenvalue weighted by atomic mass is 10.2. The van der Waals surface area contributed by atoms with Crippen LogP contribution in [0, 0.1) is 0 Å². The van der Waals surface area contributed by atoms with Crippen LogP contribution in [0.1, 0.15) is 12.8 Å². The number of rotatable bonds is 6. The first-order valence-corrected chi connectivity index (χ1v) is 11.4. The number of carbonyl (C=O) groups excluding carboxylic acids is 1. The normalized spacial score (nSPS) is 17.2. The first-order valence-electron chi connectivity index (χ1n) is 9.21. The van der Waals surface area contributed by atoms with Gasteiger partial charge in [-0.1, -0.05) is 6.07 Å². The first-order chi connectivity index (χ1) is 14.5. The molecule has 0 radical (unpaired) electrons. The number of methoxy groups -OCH3 is 2. The fraction of sp³-hybridized carbons (Fsp3) is 0.316. The number of ether oxygens (including phenoxy) is 2. The van der Waals surface area contributed by atoms with Crippen molar-refractivity contribution in [3.05, 3.63) is 36.4 Å². The zero-order valence-corrected chi connectivity index (χ0v) is 18.0. The number of carbonyl (C=O) groups is 1. The van der Waals surface area contributed by atoms with Gasteiger partial charge in [-0.05, 0) is 37.1 Å². The fourth-order valence-corrected chi connectivity index (χ4v) is 5.93. The third kappa shape index (κ3) is 3.59. The predicted octanol–water partition coefficient (Wildman–Crippen LogP) is 2.50. The molecule has 1 amide bonds. The summed E-state index contributed by atoms with van der Waals surface area (Å²) in [7, 11) is -0.903. The Hall–Kier alpha value is -2.76. The molecule has 158 valence electrons. The van der Waals surface area contributed by atoms with Crippen LogP contribution in [0.5, 0.6) is 11.5 Å². The number of hydrogen-bond acceptors (Lipinski definition) is 8. The summed E-state index contributed by atoms with van der Waals surface area (Å²) in [5.74, 6) is 0.594. The van der Waals surface area contributed by atoms with Crippen LogP contribution in [0.15, 0.2) is 41.3 Å². The summed E-state index contributed by atoms with van der Waals surface area (Å²) in [4.78, 5) is 13.1. The van der Waals surface area contributed by atoms with Gasteiger partial charge in [0.2, 0.25) is 15.9 Å². The molecule has 0 unspecified atom stereocenters. The van der Waals surface area contributed by atoms with Gasteiger partial charge in [0.05, 0.1) is 31.6 Å². The zero-order chi connectivity index (χ0) is 21.3. The summed E-state index contributed by atoms with van der Waals surface area (Å²) in [6, 6.07) is 9.01. The Morgan fingerprint density at radius 3 is 2.80 bits per heavy atom. The highest BCUT2D eigenvalue weighted by molar-refractivity contribution is 7.89. The van der Waals surface area contributed by atoms with Gasteiger partial charge in [-0.25, -0.2) is 8.42 Å². The van der Waals surface area contributed by atoms with Crippen molar-refractivity contribution in [2.24, 2.45) is 0 Å². The summed E-state index contributed by atoms with van der Waals surface area (Å²) < 4.78 is 46.7. The Kier molecular flexibility index (Phi) is 5.58. The van der Waals surface area contributed by atoms with Crippen LogP contribution < -0.4 is 14.8 Å². The lowest BCUT2D eigenvalue weighted by Crippen LogP contribution is -2.43. The second-order valence-corrected chi connectivity index (χ2v) is 9.10. The van der Waals surface area contributed by atoms with Gasteiger partial charge in [-0.2, -0.15) is 13.1 Å². The summed E-state index contributed by atoms with van der Waals surface area (Å²) in [5, 5.41) is 2.79. The summed E-state index contributed by atoms with van der Waals surface area (Å²) in [6.45, 7) is 0.258. The third-order valence-corrected chi connectivity index (χ3v) is 7.49. The highest BCUT2D eigenvalue weighted by Gasteiger charge is 2.40. The number of nitrogens with one attached hydrogen (secondary N) is 1. The third-order valence-electron chi connectivity index (χ3n) is 5.01. The molecule has 1 saturated heterocycles. The highest BCUT2D eigenvalue weighted by atomic mass is 32.2. The van der Waals surface area contributed by atoms with Gasteiger partial charge < -0.3 is 14.8 Å². The minimum Gasteiger partial charge on any atom is -0.497 e. The molecular formula is C19H20N4O5S2. The molecule has 1 aliphatic heterocycles. The molecule has 1 N–H and O–H groups in total. The van der Waals surface area contributed by atoms with Crippen LogP contribution in [0.3, 0.4) is 0 Å². The summed E-state index contributed by atoms with van der Waals surface area (Å²) in [5.41, 5.74) is 1.29. The van der Waals surface area contributed by atoms with Crippen LogP contribution in [0.25, 0.3) is 11.0 Å². The van der Waals surface area contributed by atoms with Crippen molar-refractivity contribution >= 4 is 44.4 Å². The van der Waals surface area contributed by atoms with Crippen molar-refractivity contribution in [1.29, 1.82) is 0 Å². The molecule has 4 rings (SSSR count). The largest absolute Gasteiger partial charge is 0.497 e. The van der Waals surface area contributed by atoms with Gasteiger partial charge in [0.1, 0.15) is 33.5 Å². The van der Waals surface area contributed by atoms with Crippen LogP contribution in [0.4, 0.5) is 5.69 Å². The maximum atomic E-state index is 13.4. The van der Waals surface area contributed by atoms with E-state index in [1.54, 1.807) is 30.3 Å². The summed E-state index contributed by atoms with van der Waals surface area (Å²) >= 11 is 0.955. The van der Waals surface area contributed by atoms with E-state index in [4.69, 9.17) is 9.47 Å². The van der Waals surface area contributed by atoms with Crippen molar-refractivity contribution in [3.8, 4) is 11.5 Å². The van der Waals surface area contributed by atoms with E-state index in [1.165, 1.54) is 24.6 Å². The number of nitrogens with zero attached hydrogens (tertiary/aromatic N) is 3. The molecule has 0 bridgehead atoms. The van der Waals surface area contributed by atoms with Gasteiger partial charge in [0.15, 0.2) is 0 Å². The number of benzene rings is 2. The maximum Gasteiger partial charge on any atom is 0.246 e. The smallest absolute Gasteiger partial charge is 0.246 e. The predicted molar refractivity (Wildman–Crippen MR) is 113 cm³/mol. The van der Waals surface area contributed by atoms with Gasteiger partial charge >= 0.3 is 0 Å². The van der Waals surface area contributed by atoms with E-state index in [1.807, 2.05) is 0 Å². The van der Waals surface area contributed by atoms with Crippen molar-refractivity contribution in [2.45, 2.75) is 23.8 Å². The minimum atomic E-state index is -3.92. The minimum absolute atomic E-state index is 0.0653. The topological polar surface area (TPSA) is 111 Å². The van der Waals surface area contributed by atoms with E-state index in [-0.39, 0.29) is 11.4 Å². The molecule has 0 spiro atoms. The van der Waals surface area contributed by atoms with E-state index < -0.39 is 22.0 Å². The molecule has 1 atom stereocenters. The van der Waals surface area contributed by atoms with Crippen molar-refractivity contribution in [2.75, 3.05) is 26.1 Å². The van der Waals surface area contributed by atoms with Crippen LogP contribution in [-0.4, -0.2) is 54.2 Å². The molecule has 11 heteroatoms. The summed E-state index contributed by atoms with van der Waals surface area (Å²) in [6.07, 6.45) is 1.01. The molecular weight excluding hydrogens is 428 g/mol. The second-order valence-electron chi connectivity index (χ2n) is 6.72. The maximum absolute atomic E-state index is 13.4. The lowest BCUT2D eigenvalue weighted by Gasteiger charge is -2.24. The Morgan fingerprint density at radius 2 is 2.03 bits per heavy atom. The number of anilines is 1. The standard InChI is InChI=1S/C19H20N4O5S2/c1-27-12-8-9-13(16(11-12)28-2)20-19(24)15-6-4-10-23(15)30(25,26)17-7-3-5-14-18(17)22-29-21-14/h3,5,7-9,11,15H,4,6,10H2,1-2H3,(H,20,24)/t15-/m0/s1. The van der Waals surface area contributed by atoms with Crippen molar-refractivity contribution < 1.29 is 22.7 Å². The molecule has 1 fully saturated rings. The number of fused-ring (bicyclic) bond motifs is 1. The molecule has 0 saturated carbocycles. The Labute approximate surface area is 178 Å². The van der Waals surface area contributed by atoms with Crippen LogP contribution in [0.2, 0.25) is 0 Å². The van der Waals surface area contributed by atoms with E-state index in [9.17, 15) is 13.2 Å². The highest BCUT2D eigenvalue weighted by Crippen LogP contribution is 2.32. The Bertz CT molecular complexity index is 1190. The average Bonchev–Trinajstić information content (AvgIpc) is 3.43. The molecule has 1 aromatic heterocycles. The number of sulfonamides is 1. The number of amides is 1. The van der Waals surface area contributed by atoms with E-state index in [0.717, 1.165) is 11.7 Å². The average molecular weight is 449 g/mol. The van der Waals surface area contributed by atoms with Gasteiger partial charge in [-0.15, -0.1) is 0 Å². The van der Waals surface area contributed by atoms with Crippen molar-refractivity contribution in [1.82, 2.24) is 13.1 Å². The fourth-order valence-electron chi connectivity index (χ4n) is 3.52. The Morgan fingerprint density at radius 1 is 1.20 bits per heavy atom. The number of aromatic nitrogens is 2. The molecule has 3 aromatic rings. The zero-order valence-electron chi connectivity index (χ0n) is 16.4. The molecule has 2 aromatic carbocycles. The molecule has 2 heterocycles. The lowest BCUT2D eigenvalue weighted by molar-refractivity contribution is -0.119. The van der Waals surface area contributed by atoms with E-state index in [0.29, 0.717) is 41.1 Å². The number of hydrogen-bond donors (Lipinski definition) is 1. The van der Waals surface area contributed by atoms with Gasteiger partial charge in [0.25, 0.3) is 0 Å². The van der Waals surface area contributed by atoms with Crippen molar-refractivity contribution in [3.63, 3.8) is 0 Å². The van der Waals surface area contributed by atoms with Gasteiger partial charge in [-0.3, -0.25) is 4.79 Å². The molecule has 30 heavy (non-hydrogen) atoms. The molecule has 1 aliphatic rings. The van der Waals surface area contributed by atoms with Gasteiger partial charge in [0, 0.05) is 12.6 Å². The Balaban J connectivity index is 1.62. The molecule has 0 aliphatic carbocycles. The van der Waals surface area contributed by atoms with E-state index in [2.05, 4.69) is 14.1 Å². The SMILES string of the molecule is COc1ccc(NC(=O)[C@@H]2CCCN2S(=O)(=O)c2cccc3nsnc23)c(OC)c1. The van der Waals surface area contributed by atoms with Crippen LogP contribution in [-0.2, 0) is 14.8 Å². The quantitative estimate of drug-likeness (QED) is 0.617.